The van der Waals surface area contributed by atoms with Crippen molar-refractivity contribution in [1.29, 1.82) is 0 Å². The second-order valence-electron chi connectivity index (χ2n) is 4.23. The zero-order valence-electron chi connectivity index (χ0n) is 8.24. The lowest BCUT2D eigenvalue weighted by atomic mass is 10.1. The predicted molar refractivity (Wildman–Crippen MR) is 52.6 cm³/mol. The fourth-order valence-corrected chi connectivity index (χ4v) is 2.44. The van der Waals surface area contributed by atoms with Gasteiger partial charge in [0.15, 0.2) is 0 Å². The van der Waals surface area contributed by atoms with Crippen LogP contribution in [0.3, 0.4) is 0 Å². The van der Waals surface area contributed by atoms with Crippen LogP contribution in [0.1, 0.15) is 19.3 Å². The molecular formula is C10H20N2O. The number of likely N-dealkylation sites (tertiary alicyclic amines) is 1. The van der Waals surface area contributed by atoms with Gasteiger partial charge in [-0.2, -0.15) is 0 Å². The number of nitrogens with zero attached hydrogens (tertiary/aromatic N) is 1. The summed E-state index contributed by atoms with van der Waals surface area (Å²) in [6, 6.07) is 0.783. The molecule has 0 aliphatic carbocycles. The summed E-state index contributed by atoms with van der Waals surface area (Å²) in [6.07, 6.45) is 3.74. The monoisotopic (exact) mass is 184 g/mol. The molecule has 3 nitrogen and oxygen atoms in total. The average Bonchev–Trinajstić information content (AvgIpc) is 2.67. The number of nitrogens with two attached hydrogens (primary N) is 1. The molecule has 2 aliphatic heterocycles. The normalized spacial score (nSPS) is 32.5. The van der Waals surface area contributed by atoms with Crippen LogP contribution in [0.2, 0.25) is 0 Å². The van der Waals surface area contributed by atoms with Crippen molar-refractivity contribution in [2.24, 2.45) is 11.7 Å². The third-order valence-corrected chi connectivity index (χ3v) is 3.36. The van der Waals surface area contributed by atoms with E-state index in [9.17, 15) is 0 Å². The van der Waals surface area contributed by atoms with Gasteiger partial charge in [-0.15, -0.1) is 0 Å². The fraction of sp³-hybridized carbons (Fsp3) is 1.00. The Kier molecular flexibility index (Phi) is 3.19. The van der Waals surface area contributed by atoms with Crippen molar-refractivity contribution in [2.75, 3.05) is 32.8 Å². The van der Waals surface area contributed by atoms with Crippen LogP contribution in [0.15, 0.2) is 0 Å². The second kappa shape index (κ2) is 4.40. The van der Waals surface area contributed by atoms with Crippen molar-refractivity contribution >= 4 is 0 Å². The van der Waals surface area contributed by atoms with E-state index in [1.165, 1.54) is 32.4 Å². The summed E-state index contributed by atoms with van der Waals surface area (Å²) >= 11 is 0. The summed E-state index contributed by atoms with van der Waals surface area (Å²) < 4.78 is 5.36. The molecule has 3 heteroatoms. The lowest BCUT2D eigenvalue weighted by Gasteiger charge is -2.30. The van der Waals surface area contributed by atoms with Crippen LogP contribution in [-0.4, -0.2) is 43.8 Å². The van der Waals surface area contributed by atoms with Gasteiger partial charge >= 0.3 is 0 Å². The van der Waals surface area contributed by atoms with E-state index in [1.807, 2.05) is 0 Å². The van der Waals surface area contributed by atoms with E-state index in [4.69, 9.17) is 10.5 Å². The highest BCUT2D eigenvalue weighted by Crippen LogP contribution is 2.22. The molecule has 0 aromatic carbocycles. The van der Waals surface area contributed by atoms with Gasteiger partial charge in [0, 0.05) is 25.8 Å². The Morgan fingerprint density at radius 1 is 1.23 bits per heavy atom. The Morgan fingerprint density at radius 3 is 2.62 bits per heavy atom. The third-order valence-electron chi connectivity index (χ3n) is 3.36. The first-order valence-electron chi connectivity index (χ1n) is 5.42. The maximum atomic E-state index is 5.67. The summed E-state index contributed by atoms with van der Waals surface area (Å²) in [6.45, 7) is 5.25. The molecule has 2 N–H and O–H groups in total. The first-order valence-corrected chi connectivity index (χ1v) is 5.42. The number of hydrogen-bond acceptors (Lipinski definition) is 3. The fourth-order valence-electron chi connectivity index (χ4n) is 2.44. The lowest BCUT2D eigenvalue weighted by molar-refractivity contribution is 0.0412. The first kappa shape index (κ1) is 9.44. The molecule has 2 heterocycles. The summed E-state index contributed by atoms with van der Waals surface area (Å²) in [5.74, 6) is 0.753. The zero-order valence-corrected chi connectivity index (χ0v) is 8.24. The molecule has 13 heavy (non-hydrogen) atoms. The van der Waals surface area contributed by atoms with Gasteiger partial charge in [0.05, 0.1) is 0 Å². The van der Waals surface area contributed by atoms with Gasteiger partial charge in [-0.3, -0.25) is 4.90 Å². The van der Waals surface area contributed by atoms with E-state index < -0.39 is 0 Å². The smallest absolute Gasteiger partial charge is 0.0480 e. The van der Waals surface area contributed by atoms with Crippen LogP contribution in [0.25, 0.3) is 0 Å². The van der Waals surface area contributed by atoms with Crippen LogP contribution >= 0.6 is 0 Å². The van der Waals surface area contributed by atoms with Gasteiger partial charge in [0.25, 0.3) is 0 Å². The molecular weight excluding hydrogens is 164 g/mol. The molecule has 0 aromatic rings. The minimum absolute atomic E-state index is 0.753. The molecule has 0 unspecified atom stereocenters. The molecule has 1 atom stereocenters. The Bertz CT molecular complexity index is 157. The van der Waals surface area contributed by atoms with E-state index >= 15 is 0 Å². The minimum Gasteiger partial charge on any atom is -0.381 e. The van der Waals surface area contributed by atoms with Crippen LogP contribution in [0.5, 0.6) is 0 Å². The van der Waals surface area contributed by atoms with E-state index in [0.29, 0.717) is 0 Å². The van der Waals surface area contributed by atoms with Crippen molar-refractivity contribution < 1.29 is 4.74 Å². The van der Waals surface area contributed by atoms with Crippen LogP contribution in [0, 0.1) is 5.92 Å². The summed E-state index contributed by atoms with van der Waals surface area (Å²) in [5, 5.41) is 0. The Labute approximate surface area is 80.2 Å². The first-order chi connectivity index (χ1) is 6.40. The summed E-state index contributed by atoms with van der Waals surface area (Å²) in [5.41, 5.74) is 5.67. The molecule has 0 saturated carbocycles. The molecule has 0 radical (unpaired) electrons. The topological polar surface area (TPSA) is 38.5 Å². The second-order valence-corrected chi connectivity index (χ2v) is 4.23. The van der Waals surface area contributed by atoms with Gasteiger partial charge in [-0.25, -0.2) is 0 Å². The van der Waals surface area contributed by atoms with Crippen molar-refractivity contribution in [3.8, 4) is 0 Å². The van der Waals surface area contributed by atoms with Gasteiger partial charge in [-0.05, 0) is 38.3 Å². The van der Waals surface area contributed by atoms with E-state index in [-0.39, 0.29) is 0 Å². The molecule has 2 saturated heterocycles. The van der Waals surface area contributed by atoms with E-state index in [0.717, 1.165) is 31.7 Å². The Morgan fingerprint density at radius 2 is 2.00 bits per heavy atom. The lowest BCUT2D eigenvalue weighted by Crippen LogP contribution is -2.38. The third kappa shape index (κ3) is 2.22. The number of rotatable bonds is 2. The zero-order chi connectivity index (χ0) is 9.10. The summed E-state index contributed by atoms with van der Waals surface area (Å²) in [7, 11) is 0. The van der Waals surface area contributed by atoms with E-state index in [1.54, 1.807) is 0 Å². The highest BCUT2D eigenvalue weighted by Gasteiger charge is 2.28. The molecule has 2 rings (SSSR count). The molecule has 0 amide bonds. The van der Waals surface area contributed by atoms with Crippen molar-refractivity contribution in [3.05, 3.63) is 0 Å². The Hall–Kier alpha value is -0.120. The molecule has 2 aliphatic rings. The van der Waals surface area contributed by atoms with Gasteiger partial charge < -0.3 is 10.5 Å². The van der Waals surface area contributed by atoms with Gasteiger partial charge in [0.2, 0.25) is 0 Å². The molecule has 0 spiro atoms. The van der Waals surface area contributed by atoms with Gasteiger partial charge in [0.1, 0.15) is 0 Å². The minimum atomic E-state index is 0.753. The average molecular weight is 184 g/mol. The number of hydrogen-bond donors (Lipinski definition) is 1. The van der Waals surface area contributed by atoms with Crippen molar-refractivity contribution in [3.63, 3.8) is 0 Å². The standard InChI is InChI=1S/C10H20N2O/c11-7-9-1-4-12(8-9)10-2-5-13-6-3-10/h9-10H,1-8,11H2/t9-/m1/s1. The quantitative estimate of drug-likeness (QED) is 0.677. The molecule has 76 valence electrons. The largest absolute Gasteiger partial charge is 0.381 e. The highest BCUT2D eigenvalue weighted by atomic mass is 16.5. The van der Waals surface area contributed by atoms with Crippen LogP contribution in [-0.2, 0) is 4.74 Å². The van der Waals surface area contributed by atoms with Crippen LogP contribution < -0.4 is 5.73 Å². The molecule has 2 fully saturated rings. The number of ether oxygens (including phenoxy) is 1. The molecule has 0 aromatic heterocycles. The maximum Gasteiger partial charge on any atom is 0.0480 e. The predicted octanol–water partition coefficient (Wildman–Crippen LogP) is 0.446. The van der Waals surface area contributed by atoms with E-state index in [2.05, 4.69) is 4.90 Å². The SMILES string of the molecule is NC[C@H]1CCN(C2CCOCC2)C1. The Balaban J connectivity index is 1.80. The van der Waals surface area contributed by atoms with Gasteiger partial charge in [-0.1, -0.05) is 0 Å². The van der Waals surface area contributed by atoms with Crippen LogP contribution in [0.4, 0.5) is 0 Å². The molecule has 0 bridgehead atoms. The van der Waals surface area contributed by atoms with Crippen molar-refractivity contribution in [2.45, 2.75) is 25.3 Å². The highest BCUT2D eigenvalue weighted by molar-refractivity contribution is 4.82. The summed E-state index contributed by atoms with van der Waals surface area (Å²) in [4.78, 5) is 2.61. The van der Waals surface area contributed by atoms with Crippen molar-refractivity contribution in [1.82, 2.24) is 4.90 Å². The maximum absolute atomic E-state index is 5.67.